The zero-order valence-corrected chi connectivity index (χ0v) is 8.18. The van der Waals surface area contributed by atoms with Crippen molar-refractivity contribution in [1.82, 2.24) is 13.9 Å². The summed E-state index contributed by atoms with van der Waals surface area (Å²) in [4.78, 5) is 38.7. The van der Waals surface area contributed by atoms with Gasteiger partial charge in [0.1, 0.15) is 6.61 Å². The van der Waals surface area contributed by atoms with Gasteiger partial charge in [-0.25, -0.2) is 23.5 Å². The highest BCUT2D eigenvalue weighted by Crippen LogP contribution is 1.64. The molecule has 7 heteroatoms. The van der Waals surface area contributed by atoms with E-state index in [1.54, 1.807) is 6.92 Å². The van der Waals surface area contributed by atoms with E-state index in [4.69, 9.17) is 4.84 Å². The third-order valence-corrected chi connectivity index (χ3v) is 1.75. The minimum atomic E-state index is -0.778. The lowest BCUT2D eigenvalue weighted by Gasteiger charge is -2.07. The number of aromatic nitrogens is 3. The van der Waals surface area contributed by atoms with Crippen molar-refractivity contribution < 1.29 is 4.84 Å². The normalized spacial score (nSPS) is 10.2. The molecule has 0 atom stereocenters. The standard InChI is InChI=1S/C7H11N3O4/c1-4-14-10-6(12)8(2)5(11)9(3)7(10)13/h4H2,1-3H3. The van der Waals surface area contributed by atoms with Gasteiger partial charge in [-0.1, -0.05) is 4.73 Å². The van der Waals surface area contributed by atoms with Crippen molar-refractivity contribution in [1.29, 1.82) is 0 Å². The van der Waals surface area contributed by atoms with Gasteiger partial charge >= 0.3 is 17.1 Å². The molecular weight excluding hydrogens is 190 g/mol. The third-order valence-electron chi connectivity index (χ3n) is 1.75. The predicted octanol–water partition coefficient (Wildman–Crippen LogP) is -2.31. The van der Waals surface area contributed by atoms with Gasteiger partial charge in [0.15, 0.2) is 0 Å². The smallest absolute Gasteiger partial charge is 0.369 e. The zero-order chi connectivity index (χ0) is 10.9. The number of hydrogen-bond donors (Lipinski definition) is 0. The van der Waals surface area contributed by atoms with Crippen LogP contribution in [0.1, 0.15) is 6.92 Å². The van der Waals surface area contributed by atoms with Crippen molar-refractivity contribution in [2.24, 2.45) is 14.1 Å². The predicted molar refractivity (Wildman–Crippen MR) is 48.3 cm³/mol. The molecule has 0 aliphatic carbocycles. The molecule has 1 aromatic rings. The van der Waals surface area contributed by atoms with Crippen molar-refractivity contribution in [2.45, 2.75) is 6.92 Å². The Balaban J connectivity index is 3.70. The Morgan fingerprint density at radius 2 is 1.43 bits per heavy atom. The molecule has 0 unspecified atom stereocenters. The summed E-state index contributed by atoms with van der Waals surface area (Å²) >= 11 is 0. The first-order valence-corrected chi connectivity index (χ1v) is 4.03. The van der Waals surface area contributed by atoms with Gasteiger partial charge in [-0.05, 0) is 6.92 Å². The van der Waals surface area contributed by atoms with E-state index in [9.17, 15) is 14.4 Å². The van der Waals surface area contributed by atoms with Crippen LogP contribution in [-0.2, 0) is 14.1 Å². The van der Waals surface area contributed by atoms with Crippen LogP contribution in [0, 0.1) is 0 Å². The lowest BCUT2D eigenvalue weighted by molar-refractivity contribution is 0.0898. The number of hydrogen-bond acceptors (Lipinski definition) is 4. The quantitative estimate of drug-likeness (QED) is 0.539. The highest BCUT2D eigenvalue weighted by atomic mass is 16.7. The van der Waals surface area contributed by atoms with Crippen molar-refractivity contribution in [3.8, 4) is 0 Å². The summed E-state index contributed by atoms with van der Waals surface area (Å²) in [6, 6.07) is 0. The monoisotopic (exact) mass is 201 g/mol. The van der Waals surface area contributed by atoms with Gasteiger partial charge in [-0.15, -0.1) is 0 Å². The molecular formula is C7H11N3O4. The summed E-state index contributed by atoms with van der Waals surface area (Å²) in [6.07, 6.45) is 0. The van der Waals surface area contributed by atoms with E-state index in [2.05, 4.69) is 0 Å². The van der Waals surface area contributed by atoms with Crippen LogP contribution < -0.4 is 21.9 Å². The Morgan fingerprint density at radius 1 is 1.00 bits per heavy atom. The molecule has 0 bridgehead atoms. The maximum atomic E-state index is 11.3. The zero-order valence-electron chi connectivity index (χ0n) is 8.18. The SMILES string of the molecule is CCOn1c(=O)n(C)c(=O)n(C)c1=O. The maximum Gasteiger partial charge on any atom is 0.369 e. The summed E-state index contributed by atoms with van der Waals surface area (Å²) in [6.45, 7) is 1.81. The fourth-order valence-electron chi connectivity index (χ4n) is 0.982. The lowest BCUT2D eigenvalue weighted by Crippen LogP contribution is -2.54. The van der Waals surface area contributed by atoms with E-state index in [-0.39, 0.29) is 6.61 Å². The van der Waals surface area contributed by atoms with Crippen molar-refractivity contribution >= 4 is 0 Å². The van der Waals surface area contributed by atoms with Crippen LogP contribution in [0.2, 0.25) is 0 Å². The Kier molecular flexibility index (Phi) is 2.59. The summed E-state index contributed by atoms with van der Waals surface area (Å²) in [5.74, 6) is 0. The van der Waals surface area contributed by atoms with Gasteiger partial charge in [0.25, 0.3) is 0 Å². The molecule has 0 radical (unpaired) electrons. The molecule has 1 aromatic heterocycles. The molecule has 0 aliphatic heterocycles. The van der Waals surface area contributed by atoms with Crippen LogP contribution in [0.3, 0.4) is 0 Å². The van der Waals surface area contributed by atoms with Gasteiger partial charge < -0.3 is 4.84 Å². The molecule has 78 valence electrons. The van der Waals surface area contributed by atoms with Crippen LogP contribution in [-0.4, -0.2) is 20.5 Å². The Labute approximate surface area is 78.7 Å². The molecule has 0 fully saturated rings. The fourth-order valence-corrected chi connectivity index (χ4v) is 0.982. The average Bonchev–Trinajstić information content (AvgIpc) is 2.19. The average molecular weight is 201 g/mol. The Bertz CT molecular complexity index is 467. The summed E-state index contributed by atoms with van der Waals surface area (Å²) in [5.41, 5.74) is -2.23. The number of rotatable bonds is 2. The second-order valence-electron chi connectivity index (χ2n) is 2.68. The van der Waals surface area contributed by atoms with E-state index in [0.29, 0.717) is 4.73 Å². The molecule has 0 amide bonds. The second-order valence-corrected chi connectivity index (χ2v) is 2.68. The van der Waals surface area contributed by atoms with Gasteiger partial charge in [-0.3, -0.25) is 0 Å². The highest BCUT2D eigenvalue weighted by molar-refractivity contribution is 4.72. The molecule has 0 aromatic carbocycles. The van der Waals surface area contributed by atoms with Crippen LogP contribution in [0.25, 0.3) is 0 Å². The molecule has 0 saturated heterocycles. The first kappa shape index (κ1) is 10.3. The van der Waals surface area contributed by atoms with Crippen LogP contribution in [0.4, 0.5) is 0 Å². The molecule has 14 heavy (non-hydrogen) atoms. The van der Waals surface area contributed by atoms with E-state index in [1.165, 1.54) is 14.1 Å². The molecule has 0 saturated carbocycles. The van der Waals surface area contributed by atoms with Crippen molar-refractivity contribution in [3.63, 3.8) is 0 Å². The van der Waals surface area contributed by atoms with Gasteiger partial charge in [0.2, 0.25) is 0 Å². The molecule has 7 nitrogen and oxygen atoms in total. The highest BCUT2D eigenvalue weighted by Gasteiger charge is 2.10. The molecule has 1 rings (SSSR count). The largest absolute Gasteiger partial charge is 0.405 e. The van der Waals surface area contributed by atoms with Crippen LogP contribution in [0.5, 0.6) is 0 Å². The first-order chi connectivity index (χ1) is 6.50. The van der Waals surface area contributed by atoms with E-state index >= 15 is 0 Å². The van der Waals surface area contributed by atoms with E-state index < -0.39 is 17.1 Å². The van der Waals surface area contributed by atoms with Crippen LogP contribution in [0.15, 0.2) is 14.4 Å². The minimum Gasteiger partial charge on any atom is -0.405 e. The topological polar surface area (TPSA) is 75.2 Å². The first-order valence-electron chi connectivity index (χ1n) is 4.03. The van der Waals surface area contributed by atoms with Gasteiger partial charge in [-0.2, -0.15) is 0 Å². The fraction of sp³-hybridized carbons (Fsp3) is 0.571. The maximum absolute atomic E-state index is 11.3. The molecule has 0 N–H and O–H groups in total. The van der Waals surface area contributed by atoms with Crippen molar-refractivity contribution in [3.05, 3.63) is 31.5 Å². The molecule has 0 spiro atoms. The second kappa shape index (κ2) is 3.52. The Hall–Kier alpha value is -1.79. The van der Waals surface area contributed by atoms with Gasteiger partial charge in [0, 0.05) is 14.1 Å². The lowest BCUT2D eigenvalue weighted by atomic mass is 10.8. The van der Waals surface area contributed by atoms with E-state index in [0.717, 1.165) is 9.13 Å². The molecule has 0 aliphatic rings. The summed E-state index contributed by atoms with van der Waals surface area (Å²) < 4.78 is 2.16. The summed E-state index contributed by atoms with van der Waals surface area (Å²) in [5, 5.41) is 0. The Morgan fingerprint density at radius 3 is 1.79 bits per heavy atom. The number of nitrogens with zero attached hydrogens (tertiary/aromatic N) is 3. The minimum absolute atomic E-state index is 0.174. The molecule has 1 heterocycles. The van der Waals surface area contributed by atoms with Crippen molar-refractivity contribution in [2.75, 3.05) is 6.61 Å². The third kappa shape index (κ3) is 1.36. The summed E-state index contributed by atoms with van der Waals surface area (Å²) in [7, 11) is 2.55. The van der Waals surface area contributed by atoms with Gasteiger partial charge in [0.05, 0.1) is 0 Å². The van der Waals surface area contributed by atoms with Crippen LogP contribution >= 0.6 is 0 Å². The van der Waals surface area contributed by atoms with E-state index in [1.807, 2.05) is 0 Å².